The number of fused-ring (bicyclic) bond motifs is 4. The number of non-ortho nitro benzene ring substituents is 1. The molecule has 0 radical (unpaired) electrons. The van der Waals surface area contributed by atoms with Crippen LogP contribution in [0.15, 0.2) is 42.5 Å². The average molecular weight is 369 g/mol. The van der Waals surface area contributed by atoms with E-state index in [9.17, 15) is 10.1 Å². The van der Waals surface area contributed by atoms with Crippen molar-refractivity contribution in [3.8, 4) is 5.75 Å². The lowest BCUT2D eigenvalue weighted by Gasteiger charge is -2.52. The van der Waals surface area contributed by atoms with Crippen molar-refractivity contribution in [3.63, 3.8) is 0 Å². The zero-order chi connectivity index (χ0) is 18.5. The molecule has 2 aliphatic heterocycles. The Bertz CT molecular complexity index is 899. The molecule has 0 aliphatic carbocycles. The summed E-state index contributed by atoms with van der Waals surface area (Å²) in [5.74, 6) is 0.652. The maximum atomic E-state index is 11.1. The number of hydrogen-bond acceptors (Lipinski definition) is 4. The van der Waals surface area contributed by atoms with Crippen LogP contribution in [0.3, 0.4) is 0 Å². The fraction of sp³-hybridized carbons (Fsp3) is 0.316. The standard InChI is InChI=1S/C19H19N3O3S/c1-3-12-4-6-13(7-5-12)21-18(26)20-16-11-19(21,2)25-17-9-8-14(22(23)24)10-15(16)17/h4-10,16H,3,11H2,1-2H3,(H,20,26)/t16-,19+/m1/s1. The lowest BCUT2D eigenvalue weighted by atomic mass is 9.90. The number of thiocarbonyl (C=S) groups is 1. The van der Waals surface area contributed by atoms with Crippen molar-refractivity contribution >= 4 is 28.7 Å². The third kappa shape index (κ3) is 2.59. The fourth-order valence-corrected chi connectivity index (χ4v) is 4.19. The Kier molecular flexibility index (Phi) is 3.84. The third-order valence-electron chi connectivity index (χ3n) is 5.07. The van der Waals surface area contributed by atoms with Crippen molar-refractivity contribution in [2.75, 3.05) is 4.90 Å². The Labute approximate surface area is 156 Å². The van der Waals surface area contributed by atoms with Gasteiger partial charge in [-0.05, 0) is 49.3 Å². The molecular weight excluding hydrogens is 350 g/mol. The van der Waals surface area contributed by atoms with Crippen molar-refractivity contribution in [3.05, 3.63) is 63.7 Å². The van der Waals surface area contributed by atoms with E-state index in [0.29, 0.717) is 17.3 Å². The average Bonchev–Trinajstić information content (AvgIpc) is 2.61. The van der Waals surface area contributed by atoms with E-state index in [1.54, 1.807) is 12.1 Å². The van der Waals surface area contributed by atoms with Crippen LogP contribution in [0.1, 0.15) is 37.4 Å². The van der Waals surface area contributed by atoms with E-state index in [2.05, 4.69) is 24.4 Å². The van der Waals surface area contributed by atoms with E-state index in [4.69, 9.17) is 17.0 Å². The molecule has 1 saturated heterocycles. The lowest BCUT2D eigenvalue weighted by Crippen LogP contribution is -2.65. The van der Waals surface area contributed by atoms with Gasteiger partial charge < -0.3 is 10.1 Å². The molecule has 1 N–H and O–H groups in total. The first-order chi connectivity index (χ1) is 12.4. The molecule has 0 aromatic heterocycles. The molecule has 2 bridgehead atoms. The van der Waals surface area contributed by atoms with Crippen LogP contribution in [-0.4, -0.2) is 15.8 Å². The number of rotatable bonds is 3. The van der Waals surface area contributed by atoms with Gasteiger partial charge in [0.2, 0.25) is 0 Å². The Hall–Kier alpha value is -2.67. The molecule has 0 saturated carbocycles. The zero-order valence-corrected chi connectivity index (χ0v) is 15.4. The maximum Gasteiger partial charge on any atom is 0.270 e. The minimum absolute atomic E-state index is 0.0567. The third-order valence-corrected chi connectivity index (χ3v) is 5.37. The fourth-order valence-electron chi connectivity index (χ4n) is 3.75. The first-order valence-corrected chi connectivity index (χ1v) is 8.99. The highest BCUT2D eigenvalue weighted by atomic mass is 32.1. The van der Waals surface area contributed by atoms with Crippen LogP contribution in [0.2, 0.25) is 0 Å². The zero-order valence-electron chi connectivity index (χ0n) is 14.6. The second-order valence-electron chi connectivity index (χ2n) is 6.82. The predicted octanol–water partition coefficient (Wildman–Crippen LogP) is 4.09. The summed E-state index contributed by atoms with van der Waals surface area (Å²) in [7, 11) is 0. The number of nitrogens with one attached hydrogen (secondary N) is 1. The van der Waals surface area contributed by atoms with Gasteiger partial charge in [0, 0.05) is 29.8 Å². The Morgan fingerprint density at radius 1 is 1.35 bits per heavy atom. The molecule has 2 atom stereocenters. The minimum Gasteiger partial charge on any atom is -0.467 e. The number of ether oxygens (including phenoxy) is 1. The first-order valence-electron chi connectivity index (χ1n) is 8.58. The molecule has 0 spiro atoms. The molecule has 6 nitrogen and oxygen atoms in total. The van der Waals surface area contributed by atoms with Crippen LogP contribution in [0.25, 0.3) is 0 Å². The van der Waals surface area contributed by atoms with Gasteiger partial charge in [0.25, 0.3) is 5.69 Å². The Morgan fingerprint density at radius 2 is 2.08 bits per heavy atom. The summed E-state index contributed by atoms with van der Waals surface area (Å²) >= 11 is 5.61. The van der Waals surface area contributed by atoms with Crippen LogP contribution in [0.4, 0.5) is 11.4 Å². The van der Waals surface area contributed by atoms with Crippen LogP contribution >= 0.6 is 12.2 Å². The molecule has 2 aliphatic rings. The number of hydrogen-bond donors (Lipinski definition) is 1. The molecule has 2 aromatic rings. The van der Waals surface area contributed by atoms with Crippen molar-refractivity contribution in [2.24, 2.45) is 0 Å². The van der Waals surface area contributed by atoms with E-state index in [1.165, 1.54) is 11.6 Å². The highest BCUT2D eigenvalue weighted by molar-refractivity contribution is 7.80. The summed E-state index contributed by atoms with van der Waals surface area (Å²) in [6.07, 6.45) is 1.61. The number of nitrogens with zero attached hydrogens (tertiary/aromatic N) is 2. The van der Waals surface area contributed by atoms with E-state index in [0.717, 1.165) is 17.7 Å². The van der Waals surface area contributed by atoms with Crippen molar-refractivity contribution in [2.45, 2.75) is 38.5 Å². The summed E-state index contributed by atoms with van der Waals surface area (Å²) in [6.45, 7) is 4.12. The summed E-state index contributed by atoms with van der Waals surface area (Å²) in [5.41, 5.74) is 2.41. The van der Waals surface area contributed by atoms with E-state index < -0.39 is 10.6 Å². The SMILES string of the molecule is CCc1ccc(N2C(=S)N[C@@H]3C[C@]2(C)Oc2ccc([N+](=O)[O-])cc23)cc1. The number of aryl methyl sites for hydroxylation is 1. The molecular formula is C19H19N3O3S. The van der Waals surface area contributed by atoms with Crippen molar-refractivity contribution < 1.29 is 9.66 Å². The number of anilines is 1. The second-order valence-corrected chi connectivity index (χ2v) is 7.20. The largest absolute Gasteiger partial charge is 0.467 e. The van der Waals surface area contributed by atoms with Crippen LogP contribution < -0.4 is 15.0 Å². The van der Waals surface area contributed by atoms with Crippen LogP contribution in [0, 0.1) is 10.1 Å². The van der Waals surface area contributed by atoms with Crippen LogP contribution in [0.5, 0.6) is 5.75 Å². The topological polar surface area (TPSA) is 67.6 Å². The summed E-state index contributed by atoms with van der Waals surface area (Å²) in [4.78, 5) is 12.7. The van der Waals surface area contributed by atoms with Gasteiger partial charge >= 0.3 is 0 Å². The quantitative estimate of drug-likeness (QED) is 0.499. The Balaban J connectivity index is 1.74. The van der Waals surface area contributed by atoms with Crippen molar-refractivity contribution in [1.82, 2.24) is 5.32 Å². The van der Waals surface area contributed by atoms with E-state index in [1.807, 2.05) is 24.0 Å². The lowest BCUT2D eigenvalue weighted by molar-refractivity contribution is -0.385. The molecule has 26 heavy (non-hydrogen) atoms. The van der Waals surface area contributed by atoms with Gasteiger partial charge in [0.05, 0.1) is 11.0 Å². The molecule has 1 fully saturated rings. The molecule has 7 heteroatoms. The van der Waals surface area contributed by atoms with Crippen molar-refractivity contribution in [1.29, 1.82) is 0 Å². The monoisotopic (exact) mass is 369 g/mol. The molecule has 2 heterocycles. The highest BCUT2D eigenvalue weighted by Gasteiger charge is 2.48. The van der Waals surface area contributed by atoms with E-state index in [-0.39, 0.29) is 11.7 Å². The number of nitro benzene ring substituents is 1. The highest BCUT2D eigenvalue weighted by Crippen LogP contribution is 2.46. The molecule has 134 valence electrons. The van der Waals surface area contributed by atoms with Gasteiger partial charge in [0.15, 0.2) is 10.8 Å². The van der Waals surface area contributed by atoms with Gasteiger partial charge in [-0.3, -0.25) is 15.0 Å². The maximum absolute atomic E-state index is 11.1. The van der Waals surface area contributed by atoms with Gasteiger partial charge in [-0.2, -0.15) is 0 Å². The van der Waals surface area contributed by atoms with Gasteiger partial charge in [-0.15, -0.1) is 0 Å². The molecule has 2 aromatic carbocycles. The van der Waals surface area contributed by atoms with Crippen LogP contribution in [-0.2, 0) is 6.42 Å². The Morgan fingerprint density at radius 3 is 2.73 bits per heavy atom. The molecule has 4 rings (SSSR count). The van der Waals surface area contributed by atoms with E-state index >= 15 is 0 Å². The van der Waals surface area contributed by atoms with Gasteiger partial charge in [-0.1, -0.05) is 19.1 Å². The van der Waals surface area contributed by atoms with Gasteiger partial charge in [0.1, 0.15) is 5.75 Å². The number of benzene rings is 2. The summed E-state index contributed by atoms with van der Waals surface area (Å²) < 4.78 is 6.29. The number of nitro groups is 1. The van der Waals surface area contributed by atoms with Gasteiger partial charge in [-0.25, -0.2) is 0 Å². The summed E-state index contributed by atoms with van der Waals surface area (Å²) in [5, 5.41) is 15.0. The first kappa shape index (κ1) is 16.8. The second kappa shape index (κ2) is 5.95. The summed E-state index contributed by atoms with van der Waals surface area (Å²) in [6, 6.07) is 12.9. The minimum atomic E-state index is -0.649. The predicted molar refractivity (Wildman–Crippen MR) is 104 cm³/mol. The molecule has 0 amide bonds. The molecule has 0 unspecified atom stereocenters. The smallest absolute Gasteiger partial charge is 0.270 e. The normalized spacial score (nSPS) is 23.7.